The number of carbonyl (C=O) groups is 1. The van der Waals surface area contributed by atoms with Gasteiger partial charge < -0.3 is 9.64 Å². The van der Waals surface area contributed by atoms with Crippen LogP contribution in [0.2, 0.25) is 0 Å². The highest BCUT2D eigenvalue weighted by atomic mass is 32.1. The van der Waals surface area contributed by atoms with Crippen molar-refractivity contribution in [3.8, 4) is 5.75 Å². The van der Waals surface area contributed by atoms with Crippen LogP contribution in [0.3, 0.4) is 0 Å². The summed E-state index contributed by atoms with van der Waals surface area (Å²) in [5.74, 6) is 2.04. The molecule has 1 unspecified atom stereocenters. The molecule has 0 saturated carbocycles. The summed E-state index contributed by atoms with van der Waals surface area (Å²) in [6, 6.07) is 7.74. The first kappa shape index (κ1) is 20.4. The van der Waals surface area contributed by atoms with Crippen LogP contribution < -0.4 is 4.74 Å². The molecule has 0 bridgehead atoms. The van der Waals surface area contributed by atoms with Gasteiger partial charge in [-0.15, -0.1) is 11.3 Å². The van der Waals surface area contributed by atoms with E-state index in [0.29, 0.717) is 24.0 Å². The molecule has 1 atom stereocenters. The Morgan fingerprint density at radius 3 is 2.83 bits per heavy atom. The Hall–Kier alpha value is -1.92. The lowest BCUT2D eigenvalue weighted by molar-refractivity contribution is 0.0689. The summed E-state index contributed by atoms with van der Waals surface area (Å²) >= 11 is 1.72. The normalized spacial score (nSPS) is 21.3. The van der Waals surface area contributed by atoms with E-state index in [4.69, 9.17) is 4.74 Å². The number of nitrogens with zero attached hydrogens (tertiary/aromatic N) is 3. The van der Waals surface area contributed by atoms with Crippen molar-refractivity contribution in [1.29, 1.82) is 0 Å². The fourth-order valence-electron chi connectivity index (χ4n) is 4.31. The molecule has 1 aromatic heterocycles. The average molecular weight is 414 g/mol. The van der Waals surface area contributed by atoms with Gasteiger partial charge in [-0.2, -0.15) is 0 Å². The zero-order chi connectivity index (χ0) is 20.1. The summed E-state index contributed by atoms with van der Waals surface area (Å²) in [4.78, 5) is 21.9. The Labute approximate surface area is 177 Å². The van der Waals surface area contributed by atoms with Gasteiger partial charge in [-0.25, -0.2) is 4.98 Å². The summed E-state index contributed by atoms with van der Waals surface area (Å²) < 4.78 is 6.21. The molecule has 2 aliphatic heterocycles. The Bertz CT molecular complexity index is 787. The summed E-state index contributed by atoms with van der Waals surface area (Å²) in [5, 5.41) is 3.22. The van der Waals surface area contributed by atoms with Crippen molar-refractivity contribution >= 4 is 17.2 Å². The van der Waals surface area contributed by atoms with Gasteiger partial charge in [-0.3, -0.25) is 9.69 Å². The maximum Gasteiger partial charge on any atom is 0.257 e. The van der Waals surface area contributed by atoms with Crippen LogP contribution in [-0.2, 0) is 6.54 Å². The molecule has 2 aromatic rings. The second-order valence-electron chi connectivity index (χ2n) is 8.45. The molecule has 0 radical (unpaired) electrons. The molecule has 0 spiro atoms. The largest absolute Gasteiger partial charge is 0.492 e. The lowest BCUT2D eigenvalue weighted by Gasteiger charge is -2.32. The van der Waals surface area contributed by atoms with Crippen molar-refractivity contribution in [2.45, 2.75) is 39.2 Å². The number of rotatable bonds is 6. The van der Waals surface area contributed by atoms with E-state index >= 15 is 0 Å². The van der Waals surface area contributed by atoms with Crippen molar-refractivity contribution in [2.75, 3.05) is 32.8 Å². The molecule has 3 heterocycles. The topological polar surface area (TPSA) is 45.7 Å². The molecule has 2 saturated heterocycles. The molecule has 5 nitrogen and oxygen atoms in total. The molecule has 6 heteroatoms. The van der Waals surface area contributed by atoms with Crippen LogP contribution >= 0.6 is 11.3 Å². The number of amides is 1. The van der Waals surface area contributed by atoms with Crippen LogP contribution in [0.1, 0.15) is 48.0 Å². The minimum absolute atomic E-state index is 0.113. The van der Waals surface area contributed by atoms with Crippen molar-refractivity contribution in [2.24, 2.45) is 11.8 Å². The zero-order valence-corrected chi connectivity index (χ0v) is 18.1. The molecule has 29 heavy (non-hydrogen) atoms. The van der Waals surface area contributed by atoms with Gasteiger partial charge in [0.25, 0.3) is 5.91 Å². The van der Waals surface area contributed by atoms with Gasteiger partial charge in [0.1, 0.15) is 10.8 Å². The molecule has 4 rings (SSSR count). The molecule has 1 amide bonds. The van der Waals surface area contributed by atoms with E-state index in [1.165, 1.54) is 17.8 Å². The number of hydrogen-bond donors (Lipinski definition) is 0. The highest BCUT2D eigenvalue weighted by molar-refractivity contribution is 7.09. The number of carbonyl (C=O) groups excluding carboxylic acids is 1. The van der Waals surface area contributed by atoms with Crippen LogP contribution in [0, 0.1) is 11.8 Å². The van der Waals surface area contributed by atoms with E-state index < -0.39 is 0 Å². The highest BCUT2D eigenvalue weighted by Crippen LogP contribution is 2.26. The Morgan fingerprint density at radius 1 is 1.21 bits per heavy atom. The fraction of sp³-hybridized carbons (Fsp3) is 0.565. The maximum atomic E-state index is 13.0. The number of hydrogen-bond acceptors (Lipinski definition) is 5. The first-order valence-electron chi connectivity index (χ1n) is 10.8. The monoisotopic (exact) mass is 413 g/mol. The molecule has 0 N–H and O–H groups in total. The van der Waals surface area contributed by atoms with Crippen LogP contribution in [-0.4, -0.2) is 53.5 Å². The van der Waals surface area contributed by atoms with Crippen LogP contribution in [0.15, 0.2) is 35.8 Å². The van der Waals surface area contributed by atoms with E-state index in [2.05, 4.69) is 16.8 Å². The molecule has 0 aliphatic carbocycles. The van der Waals surface area contributed by atoms with Gasteiger partial charge in [-0.05, 0) is 50.3 Å². The predicted octanol–water partition coefficient (Wildman–Crippen LogP) is 4.31. The smallest absolute Gasteiger partial charge is 0.257 e. The number of benzene rings is 1. The van der Waals surface area contributed by atoms with Gasteiger partial charge in [-0.1, -0.05) is 19.1 Å². The lowest BCUT2D eigenvalue weighted by atomic mass is 9.98. The van der Waals surface area contributed by atoms with Crippen molar-refractivity contribution in [3.63, 3.8) is 0 Å². The number of likely N-dealkylation sites (tertiary alicyclic amines) is 2. The van der Waals surface area contributed by atoms with E-state index in [9.17, 15) is 4.79 Å². The standard InChI is InChI=1S/C23H31N3O2S/c1-18-8-12-26(13-9-18)23(27)20-6-2-3-7-21(20)28-17-19-5-4-11-25(15-19)16-22-24-10-14-29-22/h2-3,6-7,10,14,18-19H,4-5,8-9,11-13,15-17H2,1H3. The first-order chi connectivity index (χ1) is 14.2. The second kappa shape index (κ2) is 9.72. The van der Waals surface area contributed by atoms with Crippen LogP contribution in [0.25, 0.3) is 0 Å². The molecule has 2 aliphatic rings. The van der Waals surface area contributed by atoms with E-state index in [1.807, 2.05) is 40.7 Å². The van der Waals surface area contributed by atoms with Gasteiger partial charge in [0.05, 0.1) is 18.7 Å². The highest BCUT2D eigenvalue weighted by Gasteiger charge is 2.25. The van der Waals surface area contributed by atoms with Gasteiger partial charge in [0.15, 0.2) is 0 Å². The average Bonchev–Trinajstić information content (AvgIpc) is 3.26. The third-order valence-electron chi connectivity index (χ3n) is 6.11. The number of thiazole rings is 1. The Balaban J connectivity index is 1.34. The molecule has 2 fully saturated rings. The molecule has 1 aromatic carbocycles. The van der Waals surface area contributed by atoms with Gasteiger partial charge in [0, 0.05) is 37.1 Å². The third kappa shape index (κ3) is 5.37. The van der Waals surface area contributed by atoms with Crippen molar-refractivity contribution in [1.82, 2.24) is 14.8 Å². The van der Waals surface area contributed by atoms with E-state index in [-0.39, 0.29) is 5.91 Å². The number of piperidine rings is 2. The van der Waals surface area contributed by atoms with Crippen molar-refractivity contribution < 1.29 is 9.53 Å². The van der Waals surface area contributed by atoms with Crippen LogP contribution in [0.5, 0.6) is 5.75 Å². The molecule has 156 valence electrons. The fourth-order valence-corrected chi connectivity index (χ4v) is 4.97. The van der Waals surface area contributed by atoms with E-state index in [0.717, 1.165) is 51.3 Å². The summed E-state index contributed by atoms with van der Waals surface area (Å²) in [5.41, 5.74) is 0.706. The number of ether oxygens (including phenoxy) is 1. The lowest BCUT2D eigenvalue weighted by Crippen LogP contribution is -2.38. The quantitative estimate of drug-likeness (QED) is 0.708. The molecular formula is C23H31N3O2S. The second-order valence-corrected chi connectivity index (χ2v) is 9.43. The first-order valence-corrected chi connectivity index (χ1v) is 11.7. The SMILES string of the molecule is CC1CCN(C(=O)c2ccccc2OCC2CCCN(Cc3nccs3)C2)CC1. The van der Waals surface area contributed by atoms with Crippen molar-refractivity contribution in [3.05, 3.63) is 46.4 Å². The summed E-state index contributed by atoms with van der Waals surface area (Å²) in [7, 11) is 0. The summed E-state index contributed by atoms with van der Waals surface area (Å²) in [6.45, 7) is 7.71. The number of aromatic nitrogens is 1. The minimum atomic E-state index is 0.113. The predicted molar refractivity (Wildman–Crippen MR) is 116 cm³/mol. The Kier molecular flexibility index (Phi) is 6.82. The maximum absolute atomic E-state index is 13.0. The van der Waals surface area contributed by atoms with E-state index in [1.54, 1.807) is 11.3 Å². The third-order valence-corrected chi connectivity index (χ3v) is 6.87. The summed E-state index contributed by atoms with van der Waals surface area (Å²) in [6.07, 6.45) is 6.42. The molecular weight excluding hydrogens is 382 g/mol. The zero-order valence-electron chi connectivity index (χ0n) is 17.3. The van der Waals surface area contributed by atoms with Crippen LogP contribution in [0.4, 0.5) is 0 Å². The van der Waals surface area contributed by atoms with Gasteiger partial charge >= 0.3 is 0 Å². The number of para-hydroxylation sites is 1. The van der Waals surface area contributed by atoms with Gasteiger partial charge in [0.2, 0.25) is 0 Å². The Morgan fingerprint density at radius 2 is 2.03 bits per heavy atom. The minimum Gasteiger partial charge on any atom is -0.492 e.